The molecule has 2 fully saturated rings. The summed E-state index contributed by atoms with van der Waals surface area (Å²) in [5, 5.41) is 18.4. The van der Waals surface area contributed by atoms with Gasteiger partial charge in [-0.3, -0.25) is 9.78 Å². The van der Waals surface area contributed by atoms with Crippen molar-refractivity contribution in [3.63, 3.8) is 0 Å². The number of carboxylic acids is 1. The van der Waals surface area contributed by atoms with Crippen LogP contribution in [0.4, 0.5) is 4.39 Å². The van der Waals surface area contributed by atoms with Crippen molar-refractivity contribution < 1.29 is 28.6 Å². The van der Waals surface area contributed by atoms with E-state index in [2.05, 4.69) is 21.9 Å². The summed E-state index contributed by atoms with van der Waals surface area (Å²) in [4.78, 5) is 33.6. The van der Waals surface area contributed by atoms with Crippen LogP contribution in [-0.2, 0) is 23.1 Å². The third-order valence-corrected chi connectivity index (χ3v) is 9.61. The molecule has 0 aliphatic carbocycles. The van der Waals surface area contributed by atoms with Gasteiger partial charge in [-0.2, -0.15) is 0 Å². The molecule has 2 aromatic carbocycles. The largest absolute Gasteiger partial charge is 0.478 e. The van der Waals surface area contributed by atoms with Gasteiger partial charge in [0.25, 0.3) is 5.91 Å². The van der Waals surface area contributed by atoms with Crippen LogP contribution in [0.1, 0.15) is 34.3 Å². The predicted octanol–water partition coefficient (Wildman–Crippen LogP) is 6.03. The number of carbonyl (C=O) groups is 2. The Labute approximate surface area is 284 Å². The number of aliphatic carboxylic acids is 1. The quantitative estimate of drug-likeness (QED) is 0.183. The van der Waals surface area contributed by atoms with Crippen LogP contribution in [-0.4, -0.2) is 78.8 Å². The molecule has 0 radical (unpaired) electrons. The Hall–Kier alpha value is -4.78. The van der Waals surface area contributed by atoms with Gasteiger partial charge >= 0.3 is 5.97 Å². The number of rotatable bonds is 7. The van der Waals surface area contributed by atoms with Crippen LogP contribution in [0.15, 0.2) is 73.0 Å². The van der Waals surface area contributed by atoms with Crippen LogP contribution in [0.25, 0.3) is 27.7 Å². The zero-order valence-electron chi connectivity index (χ0n) is 25.7. The highest BCUT2D eigenvalue weighted by molar-refractivity contribution is 6.40. The summed E-state index contributed by atoms with van der Waals surface area (Å²) in [7, 11) is 1.76. The minimum absolute atomic E-state index is 0.0300. The normalized spacial score (nSPS) is 19.3. The van der Waals surface area contributed by atoms with Crippen molar-refractivity contribution in [3.05, 3.63) is 99.7 Å². The SMILES string of the molecule is C=C(C(=O)O)/C(=C\C(=C\F)c1cccc2c1OCN(C(=O)c1c(Cl)cc(-c3cncc4c3nnn4C)cc1Cl)C2)N1C2CCC1COC2. The summed E-state index contributed by atoms with van der Waals surface area (Å²) >= 11 is 13.4. The fraction of sp³-hybridized carbons (Fsp3) is 0.265. The Balaban J connectivity index is 1.17. The van der Waals surface area contributed by atoms with Crippen molar-refractivity contribution in [2.24, 2.45) is 7.05 Å². The molecule has 5 heterocycles. The number of aryl methyl sites for hydroxylation is 1. The summed E-state index contributed by atoms with van der Waals surface area (Å²) in [6.45, 7) is 4.67. The molecule has 2 unspecified atom stereocenters. The van der Waals surface area contributed by atoms with Gasteiger partial charge < -0.3 is 24.4 Å². The molecular formula is C34H29Cl2FN6O5. The fourth-order valence-corrected chi connectivity index (χ4v) is 7.29. The van der Waals surface area contributed by atoms with E-state index >= 15 is 0 Å². The second-order valence-corrected chi connectivity index (χ2v) is 12.7. The molecule has 2 bridgehead atoms. The Bertz CT molecular complexity index is 2020. The van der Waals surface area contributed by atoms with Crippen molar-refractivity contribution in [1.29, 1.82) is 0 Å². The first-order valence-corrected chi connectivity index (χ1v) is 15.9. The van der Waals surface area contributed by atoms with E-state index < -0.39 is 11.9 Å². The number of ether oxygens (including phenoxy) is 2. The highest BCUT2D eigenvalue weighted by Gasteiger charge is 2.40. The van der Waals surface area contributed by atoms with Gasteiger partial charge in [0.15, 0.2) is 6.73 Å². The topological polar surface area (TPSA) is 123 Å². The number of carboxylic acid groups (broad SMARTS) is 1. The van der Waals surface area contributed by atoms with Crippen LogP contribution in [0.3, 0.4) is 0 Å². The number of halogens is 3. The average molecular weight is 692 g/mol. The standard InChI is InChI=1S/C34H29Cl2FN6O5/c1-18(34(45)46)28(43-22-6-7-23(43)16-47-15-22)10-21(11-37)24-5-3-4-19-14-42(17-48-32(19)24)33(44)30-26(35)8-20(9-27(30)36)25-12-38-13-29-31(25)39-40-41(29)2/h3-5,8-13,22-23H,1,6-7,14-17H2,2H3,(H,45,46)/b21-11-,28-10+. The molecule has 4 aromatic rings. The lowest BCUT2D eigenvalue weighted by atomic mass is 9.98. The van der Waals surface area contributed by atoms with E-state index in [0.717, 1.165) is 18.4 Å². The Morgan fingerprint density at radius 3 is 2.54 bits per heavy atom. The van der Waals surface area contributed by atoms with E-state index in [9.17, 15) is 19.1 Å². The van der Waals surface area contributed by atoms with Gasteiger partial charge in [-0.15, -0.1) is 5.10 Å². The van der Waals surface area contributed by atoms with Gasteiger partial charge in [-0.25, -0.2) is 13.9 Å². The van der Waals surface area contributed by atoms with E-state index in [1.807, 2.05) is 4.90 Å². The molecule has 11 nitrogen and oxygen atoms in total. The number of nitrogens with zero attached hydrogens (tertiary/aromatic N) is 6. The number of allylic oxidation sites excluding steroid dienone is 2. The van der Waals surface area contributed by atoms with Crippen molar-refractivity contribution >= 4 is 51.7 Å². The molecule has 0 spiro atoms. The van der Waals surface area contributed by atoms with Crippen molar-refractivity contribution in [3.8, 4) is 16.9 Å². The Kier molecular flexibility index (Phi) is 8.40. The van der Waals surface area contributed by atoms with E-state index in [1.54, 1.807) is 54.5 Å². The maximum absolute atomic E-state index is 14.7. The smallest absolute Gasteiger partial charge is 0.337 e. The second-order valence-electron chi connectivity index (χ2n) is 11.9. The zero-order chi connectivity index (χ0) is 33.7. The van der Waals surface area contributed by atoms with Crippen molar-refractivity contribution in [2.45, 2.75) is 31.5 Å². The molecule has 2 atom stereocenters. The lowest BCUT2D eigenvalue weighted by Crippen LogP contribution is -2.45. The van der Waals surface area contributed by atoms with Crippen molar-refractivity contribution in [1.82, 2.24) is 29.8 Å². The van der Waals surface area contributed by atoms with Gasteiger partial charge in [0.1, 0.15) is 16.8 Å². The van der Waals surface area contributed by atoms with Crippen LogP contribution in [0.2, 0.25) is 10.0 Å². The number of para-hydroxylation sites is 1. The zero-order valence-corrected chi connectivity index (χ0v) is 27.2. The van der Waals surface area contributed by atoms with Crippen LogP contribution in [0, 0.1) is 0 Å². The molecule has 2 aromatic heterocycles. The third kappa shape index (κ3) is 5.49. The minimum Gasteiger partial charge on any atom is -0.478 e. The number of hydrogen-bond donors (Lipinski definition) is 1. The van der Waals surface area contributed by atoms with E-state index in [1.165, 1.54) is 11.0 Å². The van der Waals surface area contributed by atoms with Crippen LogP contribution < -0.4 is 4.74 Å². The summed E-state index contributed by atoms with van der Waals surface area (Å²) in [6.07, 6.45) is 6.88. The maximum atomic E-state index is 14.7. The fourth-order valence-electron chi connectivity index (χ4n) is 6.64. The van der Waals surface area contributed by atoms with Crippen LogP contribution in [0.5, 0.6) is 5.75 Å². The number of amides is 1. The highest BCUT2D eigenvalue weighted by atomic mass is 35.5. The number of aromatic nitrogens is 4. The molecular weight excluding hydrogens is 662 g/mol. The maximum Gasteiger partial charge on any atom is 0.337 e. The molecule has 3 aliphatic rings. The third-order valence-electron chi connectivity index (χ3n) is 9.01. The van der Waals surface area contributed by atoms with Crippen LogP contribution >= 0.6 is 23.2 Å². The van der Waals surface area contributed by atoms with Gasteiger partial charge in [0, 0.05) is 35.5 Å². The molecule has 14 heteroatoms. The highest BCUT2D eigenvalue weighted by Crippen LogP contribution is 2.40. The molecule has 246 valence electrons. The summed E-state index contributed by atoms with van der Waals surface area (Å²) < 4.78 is 28.1. The molecule has 2 saturated heterocycles. The molecule has 48 heavy (non-hydrogen) atoms. The number of pyridine rings is 1. The minimum atomic E-state index is -1.20. The van der Waals surface area contributed by atoms with E-state index in [-0.39, 0.29) is 52.1 Å². The molecule has 0 saturated carbocycles. The summed E-state index contributed by atoms with van der Waals surface area (Å²) in [5.41, 5.74) is 4.06. The van der Waals surface area contributed by atoms with Gasteiger partial charge in [0.05, 0.1) is 71.2 Å². The molecule has 1 amide bonds. The first-order chi connectivity index (χ1) is 23.2. The first kappa shape index (κ1) is 31.8. The summed E-state index contributed by atoms with van der Waals surface area (Å²) in [5.74, 6) is -1.27. The lowest BCUT2D eigenvalue weighted by Gasteiger charge is -2.38. The lowest BCUT2D eigenvalue weighted by molar-refractivity contribution is -0.132. The second kappa shape index (κ2) is 12.7. The van der Waals surface area contributed by atoms with E-state index in [4.69, 9.17) is 32.7 Å². The number of hydrogen-bond acceptors (Lipinski definition) is 8. The number of benzene rings is 2. The predicted molar refractivity (Wildman–Crippen MR) is 177 cm³/mol. The Morgan fingerprint density at radius 2 is 1.85 bits per heavy atom. The van der Waals surface area contributed by atoms with Crippen molar-refractivity contribution in [2.75, 3.05) is 19.9 Å². The first-order valence-electron chi connectivity index (χ1n) is 15.1. The number of carbonyl (C=O) groups excluding carboxylic acids is 1. The number of fused-ring (bicyclic) bond motifs is 4. The van der Waals surface area contributed by atoms with Gasteiger partial charge in [-0.1, -0.05) is 53.2 Å². The monoisotopic (exact) mass is 690 g/mol. The van der Waals surface area contributed by atoms with Gasteiger partial charge in [0.2, 0.25) is 0 Å². The van der Waals surface area contributed by atoms with Gasteiger partial charge in [-0.05, 0) is 36.6 Å². The van der Waals surface area contributed by atoms with E-state index in [0.29, 0.717) is 58.8 Å². The summed E-state index contributed by atoms with van der Waals surface area (Å²) in [6, 6.07) is 8.40. The molecule has 7 rings (SSSR count). The Morgan fingerprint density at radius 1 is 1.12 bits per heavy atom. The average Bonchev–Trinajstić information content (AvgIpc) is 3.58. The number of morpholine rings is 1. The molecule has 1 N–H and O–H groups in total. The molecule has 3 aliphatic heterocycles.